The minimum absolute atomic E-state index is 0.104. The number of hydrogen-bond acceptors (Lipinski definition) is 1. The van der Waals surface area contributed by atoms with Crippen molar-refractivity contribution in [2.24, 2.45) is 40.4 Å². The van der Waals surface area contributed by atoms with Gasteiger partial charge >= 0.3 is 0 Å². The Bertz CT molecular complexity index is 643. The third-order valence-electron chi connectivity index (χ3n) is 9.65. The number of aliphatic hydroxyl groups is 1. The standard InChI is InChI=1S/C27H44O/c1-18(2)7-6-8-19(3)23-11-12-24-22-10-9-20-17-21(28)13-15-26(20,4)25(22)14-16-27(23,24)5/h9,14,18-19,21-24,28H,6-8,10-13,15-17H2,1-5H3/t19-,21+,22+,23-,24+,26+,27-/m1/s1. The molecule has 28 heavy (non-hydrogen) atoms. The first-order valence-corrected chi connectivity index (χ1v) is 12.3. The fourth-order valence-corrected chi connectivity index (χ4v) is 7.97. The summed E-state index contributed by atoms with van der Waals surface area (Å²) in [5, 5.41) is 10.2. The summed E-state index contributed by atoms with van der Waals surface area (Å²) in [6.45, 7) is 12.4. The molecular weight excluding hydrogens is 340 g/mol. The van der Waals surface area contributed by atoms with Crippen molar-refractivity contribution in [3.63, 3.8) is 0 Å². The molecule has 0 spiro atoms. The van der Waals surface area contributed by atoms with Gasteiger partial charge in [-0.3, -0.25) is 0 Å². The van der Waals surface area contributed by atoms with E-state index in [0.29, 0.717) is 5.41 Å². The summed E-state index contributed by atoms with van der Waals surface area (Å²) in [5.74, 6) is 4.28. The predicted molar refractivity (Wildman–Crippen MR) is 119 cm³/mol. The molecule has 2 saturated carbocycles. The highest BCUT2D eigenvalue weighted by molar-refractivity contribution is 5.39. The van der Waals surface area contributed by atoms with Gasteiger partial charge in [0, 0.05) is 5.41 Å². The first kappa shape index (κ1) is 20.7. The number of hydrogen-bond donors (Lipinski definition) is 1. The summed E-state index contributed by atoms with van der Waals surface area (Å²) in [4.78, 5) is 0. The number of fused-ring (bicyclic) bond motifs is 5. The van der Waals surface area contributed by atoms with Crippen LogP contribution in [-0.4, -0.2) is 11.2 Å². The molecule has 1 nitrogen and oxygen atoms in total. The minimum Gasteiger partial charge on any atom is -0.393 e. The van der Waals surface area contributed by atoms with Crippen molar-refractivity contribution in [2.45, 2.75) is 105 Å². The molecule has 7 atom stereocenters. The van der Waals surface area contributed by atoms with Crippen LogP contribution in [0.1, 0.15) is 98.8 Å². The van der Waals surface area contributed by atoms with Gasteiger partial charge in [0.1, 0.15) is 0 Å². The van der Waals surface area contributed by atoms with Crippen LogP contribution in [0.15, 0.2) is 23.3 Å². The molecule has 0 aromatic carbocycles. The van der Waals surface area contributed by atoms with Crippen molar-refractivity contribution in [1.82, 2.24) is 0 Å². The van der Waals surface area contributed by atoms with E-state index >= 15 is 0 Å². The number of rotatable bonds is 5. The second-order valence-electron chi connectivity index (χ2n) is 11.8. The summed E-state index contributed by atoms with van der Waals surface area (Å²) in [6.07, 6.45) is 17.8. The van der Waals surface area contributed by atoms with Crippen LogP contribution in [0, 0.1) is 40.4 Å². The fraction of sp³-hybridized carbons (Fsp3) is 0.852. The zero-order chi connectivity index (χ0) is 20.1. The Morgan fingerprint density at radius 1 is 1.07 bits per heavy atom. The maximum Gasteiger partial charge on any atom is 0.0578 e. The lowest BCUT2D eigenvalue weighted by Gasteiger charge is -2.54. The highest BCUT2D eigenvalue weighted by Crippen LogP contribution is 2.65. The molecular formula is C27H44O. The van der Waals surface area contributed by atoms with Gasteiger partial charge in [0.2, 0.25) is 0 Å². The highest BCUT2D eigenvalue weighted by Gasteiger charge is 2.56. The number of aliphatic hydroxyl groups excluding tert-OH is 1. The lowest BCUT2D eigenvalue weighted by molar-refractivity contribution is 0.0571. The van der Waals surface area contributed by atoms with Gasteiger partial charge in [0.15, 0.2) is 0 Å². The second kappa shape index (κ2) is 7.60. The molecule has 0 bridgehead atoms. The van der Waals surface area contributed by atoms with Crippen LogP contribution in [0.25, 0.3) is 0 Å². The molecule has 0 radical (unpaired) electrons. The SMILES string of the molecule is CC(C)CCC[C@@H](C)[C@H]1CC[C@H]2[C@@H]3CC=C4C[C@@H](O)CC[C@]4(C)C3=CC[C@]12C. The van der Waals surface area contributed by atoms with Gasteiger partial charge in [-0.2, -0.15) is 0 Å². The van der Waals surface area contributed by atoms with E-state index in [1.165, 1.54) is 44.9 Å². The van der Waals surface area contributed by atoms with Gasteiger partial charge in [-0.15, -0.1) is 0 Å². The average Bonchev–Trinajstić information content (AvgIpc) is 2.99. The molecule has 0 aromatic heterocycles. The maximum atomic E-state index is 10.2. The normalized spacial score (nSPS) is 43.7. The molecule has 158 valence electrons. The van der Waals surface area contributed by atoms with Gasteiger partial charge in [0.05, 0.1) is 6.10 Å². The first-order chi connectivity index (χ1) is 13.3. The van der Waals surface area contributed by atoms with Crippen LogP contribution in [0.3, 0.4) is 0 Å². The Balaban J connectivity index is 1.53. The molecule has 4 rings (SSSR count). The van der Waals surface area contributed by atoms with E-state index in [1.807, 2.05) is 0 Å². The summed E-state index contributed by atoms with van der Waals surface area (Å²) in [7, 11) is 0. The molecule has 1 N–H and O–H groups in total. The monoisotopic (exact) mass is 384 g/mol. The summed E-state index contributed by atoms with van der Waals surface area (Å²) < 4.78 is 0. The molecule has 0 aromatic rings. The van der Waals surface area contributed by atoms with Gasteiger partial charge in [-0.1, -0.05) is 77.2 Å². The van der Waals surface area contributed by atoms with E-state index in [2.05, 4.69) is 46.8 Å². The summed E-state index contributed by atoms with van der Waals surface area (Å²) in [5.41, 5.74) is 4.09. The van der Waals surface area contributed by atoms with Crippen LogP contribution in [0.5, 0.6) is 0 Å². The quantitative estimate of drug-likeness (QED) is 0.493. The third kappa shape index (κ3) is 3.34. The Hall–Kier alpha value is -0.560. The zero-order valence-electron chi connectivity index (χ0n) is 19.1. The van der Waals surface area contributed by atoms with E-state index in [9.17, 15) is 5.11 Å². The molecule has 2 fully saturated rings. The zero-order valence-corrected chi connectivity index (χ0v) is 19.1. The Kier molecular flexibility index (Phi) is 5.62. The van der Waals surface area contributed by atoms with Crippen molar-refractivity contribution < 1.29 is 5.11 Å². The Morgan fingerprint density at radius 2 is 1.86 bits per heavy atom. The maximum absolute atomic E-state index is 10.2. The lowest BCUT2D eigenvalue weighted by atomic mass is 9.51. The van der Waals surface area contributed by atoms with Gasteiger partial charge < -0.3 is 5.11 Å². The third-order valence-corrected chi connectivity index (χ3v) is 9.65. The molecule has 0 amide bonds. The summed E-state index contributed by atoms with van der Waals surface area (Å²) >= 11 is 0. The second-order valence-corrected chi connectivity index (χ2v) is 11.8. The number of allylic oxidation sites excluding steroid dienone is 3. The van der Waals surface area contributed by atoms with Crippen molar-refractivity contribution in [3.05, 3.63) is 23.3 Å². The van der Waals surface area contributed by atoms with E-state index in [0.717, 1.165) is 48.9 Å². The van der Waals surface area contributed by atoms with Gasteiger partial charge in [-0.05, 0) is 80.0 Å². The molecule has 4 aliphatic rings. The van der Waals surface area contributed by atoms with E-state index < -0.39 is 0 Å². The lowest BCUT2D eigenvalue weighted by Crippen LogP contribution is -2.45. The Morgan fingerprint density at radius 3 is 2.61 bits per heavy atom. The van der Waals surface area contributed by atoms with Gasteiger partial charge in [0.25, 0.3) is 0 Å². The van der Waals surface area contributed by atoms with Crippen molar-refractivity contribution in [1.29, 1.82) is 0 Å². The van der Waals surface area contributed by atoms with Crippen molar-refractivity contribution in [3.8, 4) is 0 Å². The molecule has 0 unspecified atom stereocenters. The molecule has 0 saturated heterocycles. The van der Waals surface area contributed by atoms with Crippen LogP contribution >= 0.6 is 0 Å². The molecule has 0 heterocycles. The average molecular weight is 385 g/mol. The van der Waals surface area contributed by atoms with Crippen LogP contribution in [0.4, 0.5) is 0 Å². The molecule has 0 aliphatic heterocycles. The minimum atomic E-state index is -0.104. The Labute approximate surface area is 174 Å². The van der Waals surface area contributed by atoms with E-state index in [1.54, 1.807) is 11.1 Å². The van der Waals surface area contributed by atoms with Crippen LogP contribution < -0.4 is 0 Å². The topological polar surface area (TPSA) is 20.2 Å². The van der Waals surface area contributed by atoms with Crippen LogP contribution in [0.2, 0.25) is 0 Å². The molecule has 4 aliphatic carbocycles. The predicted octanol–water partition coefficient (Wildman–Crippen LogP) is 7.31. The molecule has 1 heteroatoms. The van der Waals surface area contributed by atoms with E-state index in [-0.39, 0.29) is 11.5 Å². The van der Waals surface area contributed by atoms with Crippen molar-refractivity contribution in [2.75, 3.05) is 0 Å². The van der Waals surface area contributed by atoms with Crippen molar-refractivity contribution >= 4 is 0 Å². The van der Waals surface area contributed by atoms with E-state index in [4.69, 9.17) is 0 Å². The van der Waals surface area contributed by atoms with Crippen LogP contribution in [-0.2, 0) is 0 Å². The summed E-state index contributed by atoms with van der Waals surface area (Å²) in [6, 6.07) is 0. The highest BCUT2D eigenvalue weighted by atomic mass is 16.3. The first-order valence-electron chi connectivity index (χ1n) is 12.3. The fourth-order valence-electron chi connectivity index (χ4n) is 7.97. The van der Waals surface area contributed by atoms with Gasteiger partial charge in [-0.25, -0.2) is 0 Å². The smallest absolute Gasteiger partial charge is 0.0578 e. The largest absolute Gasteiger partial charge is 0.393 e.